The normalized spacial score (nSPS) is 42.3. The van der Waals surface area contributed by atoms with Crippen LogP contribution in [-0.4, -0.2) is 41.5 Å². The molecule has 2 unspecified atom stereocenters. The molecule has 4 atom stereocenters. The minimum atomic E-state index is -0.172. The molecule has 3 aliphatic heterocycles. The van der Waals surface area contributed by atoms with E-state index in [0.717, 1.165) is 37.6 Å². The van der Waals surface area contributed by atoms with Crippen molar-refractivity contribution in [1.82, 2.24) is 15.5 Å². The Morgan fingerprint density at radius 2 is 2.05 bits per heavy atom. The lowest BCUT2D eigenvalue weighted by Crippen LogP contribution is -2.71. The van der Waals surface area contributed by atoms with Crippen LogP contribution in [0, 0.1) is 11.8 Å². The summed E-state index contributed by atoms with van der Waals surface area (Å²) in [5.41, 5.74) is -0.172. The van der Waals surface area contributed by atoms with E-state index in [9.17, 15) is 9.59 Å². The fourth-order valence-electron chi connectivity index (χ4n) is 5.08. The molecule has 5 nitrogen and oxygen atoms in total. The third-order valence-electron chi connectivity index (χ3n) is 5.54. The molecule has 5 aliphatic rings. The summed E-state index contributed by atoms with van der Waals surface area (Å²) in [6.07, 6.45) is 7.53. The molecule has 3 heterocycles. The summed E-state index contributed by atoms with van der Waals surface area (Å²) in [6, 6.07) is 0.593. The van der Waals surface area contributed by atoms with Crippen molar-refractivity contribution >= 4 is 11.8 Å². The monoisotopic (exact) mass is 277 g/mol. The Balaban J connectivity index is 1.41. The third kappa shape index (κ3) is 2.12. The van der Waals surface area contributed by atoms with Crippen LogP contribution in [0.25, 0.3) is 0 Å². The van der Waals surface area contributed by atoms with Crippen LogP contribution in [0.15, 0.2) is 0 Å². The van der Waals surface area contributed by atoms with Gasteiger partial charge in [0.25, 0.3) is 0 Å². The molecule has 3 saturated heterocycles. The van der Waals surface area contributed by atoms with Crippen LogP contribution in [-0.2, 0) is 9.59 Å². The molecule has 5 rings (SSSR count). The number of nitrogens with zero attached hydrogens (tertiary/aromatic N) is 1. The number of rotatable bonds is 3. The molecule has 0 aromatic rings. The zero-order chi connectivity index (χ0) is 13.7. The summed E-state index contributed by atoms with van der Waals surface area (Å²) in [5, 5.41) is 6.89. The number of hydrogen-bond acceptors (Lipinski definition) is 3. The molecule has 2 amide bonds. The van der Waals surface area contributed by atoms with Crippen molar-refractivity contribution in [3.8, 4) is 0 Å². The van der Waals surface area contributed by atoms with E-state index in [4.69, 9.17) is 0 Å². The van der Waals surface area contributed by atoms with Gasteiger partial charge in [0.15, 0.2) is 0 Å². The number of nitrogens with one attached hydrogen (secondary N) is 2. The van der Waals surface area contributed by atoms with Crippen LogP contribution in [0.3, 0.4) is 0 Å². The SMILES string of the molecule is O=C(CN1CCCC1=O)NC12C[C@@H]3CC(C[C@@H](C3)C1)N2. The van der Waals surface area contributed by atoms with Gasteiger partial charge in [0.2, 0.25) is 11.8 Å². The average molecular weight is 277 g/mol. The lowest BCUT2D eigenvalue weighted by atomic mass is 9.62. The fourth-order valence-corrected chi connectivity index (χ4v) is 5.08. The first-order chi connectivity index (χ1) is 9.62. The van der Waals surface area contributed by atoms with Gasteiger partial charge >= 0.3 is 0 Å². The number of carbonyl (C=O) groups excluding carboxylic acids is 2. The zero-order valence-electron chi connectivity index (χ0n) is 11.9. The first kappa shape index (κ1) is 12.6. The summed E-state index contributed by atoms with van der Waals surface area (Å²) < 4.78 is 0. The minimum absolute atomic E-state index is 0.00898. The van der Waals surface area contributed by atoms with Gasteiger partial charge in [0.1, 0.15) is 0 Å². The molecule has 5 fully saturated rings. The van der Waals surface area contributed by atoms with Gasteiger partial charge < -0.3 is 10.2 Å². The highest BCUT2D eigenvalue weighted by atomic mass is 16.2. The van der Waals surface area contributed by atoms with Crippen molar-refractivity contribution in [3.05, 3.63) is 0 Å². The Morgan fingerprint density at radius 3 is 2.65 bits per heavy atom. The second-order valence-corrected chi connectivity index (χ2v) is 7.24. The van der Waals surface area contributed by atoms with Crippen LogP contribution in [0.5, 0.6) is 0 Å². The molecule has 4 bridgehead atoms. The molecular formula is C15H23N3O2. The molecule has 2 aliphatic carbocycles. The summed E-state index contributed by atoms with van der Waals surface area (Å²) in [7, 11) is 0. The average Bonchev–Trinajstić information content (AvgIpc) is 2.72. The van der Waals surface area contributed by atoms with Gasteiger partial charge in [-0.3, -0.25) is 14.9 Å². The number of hydrogen-bond donors (Lipinski definition) is 2. The topological polar surface area (TPSA) is 61.4 Å². The summed E-state index contributed by atoms with van der Waals surface area (Å²) >= 11 is 0. The minimum Gasteiger partial charge on any atom is -0.336 e. The van der Waals surface area contributed by atoms with Crippen molar-refractivity contribution in [1.29, 1.82) is 0 Å². The van der Waals surface area contributed by atoms with Crippen LogP contribution in [0.1, 0.15) is 44.9 Å². The summed E-state index contributed by atoms with van der Waals surface area (Å²) in [5.74, 6) is 1.69. The summed E-state index contributed by atoms with van der Waals surface area (Å²) in [4.78, 5) is 25.6. The lowest BCUT2D eigenvalue weighted by molar-refractivity contribution is -0.135. The van der Waals surface area contributed by atoms with Crippen molar-refractivity contribution in [2.45, 2.75) is 56.7 Å². The maximum atomic E-state index is 12.3. The van der Waals surface area contributed by atoms with Gasteiger partial charge in [-0.15, -0.1) is 0 Å². The number of carbonyl (C=O) groups is 2. The van der Waals surface area contributed by atoms with E-state index in [1.807, 2.05) is 0 Å². The summed E-state index contributed by atoms with van der Waals surface area (Å²) in [6.45, 7) is 0.975. The molecule has 2 N–H and O–H groups in total. The van der Waals surface area contributed by atoms with Crippen molar-refractivity contribution < 1.29 is 9.59 Å². The molecule has 0 spiro atoms. The third-order valence-corrected chi connectivity index (χ3v) is 5.54. The molecule has 5 heteroatoms. The van der Waals surface area contributed by atoms with Crippen molar-refractivity contribution in [3.63, 3.8) is 0 Å². The standard InChI is InChI=1S/C15H23N3O2/c19-13(9-18-3-1-2-14(18)20)17-15-7-10-4-11(8-15)6-12(5-10)16-15/h10-12,16H,1-9H2,(H,17,19)/t10-,11+,12?,15?. The molecule has 2 saturated carbocycles. The Hall–Kier alpha value is -1.10. The van der Waals surface area contributed by atoms with E-state index < -0.39 is 0 Å². The molecule has 0 aromatic heterocycles. The second-order valence-electron chi connectivity index (χ2n) is 7.24. The van der Waals surface area contributed by atoms with Gasteiger partial charge in [-0.1, -0.05) is 0 Å². The highest BCUT2D eigenvalue weighted by Gasteiger charge is 2.51. The Bertz CT molecular complexity index is 413. The fraction of sp³-hybridized carbons (Fsp3) is 0.867. The first-order valence-corrected chi connectivity index (χ1v) is 7.98. The highest BCUT2D eigenvalue weighted by molar-refractivity contribution is 5.86. The van der Waals surface area contributed by atoms with E-state index in [1.165, 1.54) is 19.3 Å². The van der Waals surface area contributed by atoms with Gasteiger partial charge in [0.05, 0.1) is 12.2 Å². The molecule has 110 valence electrons. The van der Waals surface area contributed by atoms with Gasteiger partial charge in [-0.25, -0.2) is 0 Å². The quantitative estimate of drug-likeness (QED) is 0.794. The Morgan fingerprint density at radius 1 is 1.30 bits per heavy atom. The maximum absolute atomic E-state index is 12.3. The van der Waals surface area contributed by atoms with Gasteiger partial charge in [-0.05, 0) is 50.4 Å². The van der Waals surface area contributed by atoms with Crippen LogP contribution >= 0.6 is 0 Å². The van der Waals surface area contributed by atoms with Gasteiger partial charge in [0, 0.05) is 19.0 Å². The zero-order valence-corrected chi connectivity index (χ0v) is 11.9. The number of amides is 2. The highest BCUT2D eigenvalue weighted by Crippen LogP contribution is 2.48. The predicted octanol–water partition coefficient (Wildman–Crippen LogP) is 0.603. The predicted molar refractivity (Wildman–Crippen MR) is 73.7 cm³/mol. The number of piperidine rings is 2. The van der Waals surface area contributed by atoms with E-state index in [0.29, 0.717) is 12.5 Å². The number of likely N-dealkylation sites (tertiary alicyclic amines) is 1. The van der Waals surface area contributed by atoms with E-state index in [-0.39, 0.29) is 24.0 Å². The van der Waals surface area contributed by atoms with Gasteiger partial charge in [-0.2, -0.15) is 0 Å². The molecule has 0 radical (unpaired) electrons. The van der Waals surface area contributed by atoms with E-state index in [1.54, 1.807) is 4.90 Å². The maximum Gasteiger partial charge on any atom is 0.241 e. The first-order valence-electron chi connectivity index (χ1n) is 7.98. The van der Waals surface area contributed by atoms with E-state index in [2.05, 4.69) is 10.6 Å². The Kier molecular flexibility index (Phi) is 2.81. The van der Waals surface area contributed by atoms with Crippen LogP contribution < -0.4 is 10.6 Å². The van der Waals surface area contributed by atoms with Crippen LogP contribution in [0.2, 0.25) is 0 Å². The molecule has 20 heavy (non-hydrogen) atoms. The van der Waals surface area contributed by atoms with E-state index >= 15 is 0 Å². The van der Waals surface area contributed by atoms with Crippen molar-refractivity contribution in [2.24, 2.45) is 11.8 Å². The lowest BCUT2D eigenvalue weighted by Gasteiger charge is -2.57. The van der Waals surface area contributed by atoms with Crippen molar-refractivity contribution in [2.75, 3.05) is 13.1 Å². The second kappa shape index (κ2) is 4.45. The largest absolute Gasteiger partial charge is 0.336 e. The van der Waals surface area contributed by atoms with Crippen LogP contribution in [0.4, 0.5) is 0 Å². The Labute approximate surface area is 119 Å². The molecule has 0 aromatic carbocycles. The smallest absolute Gasteiger partial charge is 0.241 e. The molecular weight excluding hydrogens is 254 g/mol.